The number of allylic oxidation sites excluding steroid dienone is 1. The van der Waals surface area contributed by atoms with Crippen LogP contribution >= 0.6 is 12.4 Å². The molecule has 13 nitrogen and oxygen atoms in total. The molecule has 1 amide bonds. The van der Waals surface area contributed by atoms with Gasteiger partial charge in [-0.25, -0.2) is 19.3 Å². The molecule has 18 heteroatoms. The number of fused-ring (bicyclic) bond motifs is 1. The van der Waals surface area contributed by atoms with Crippen LogP contribution in [0.25, 0.3) is 11.3 Å². The number of Topliss-reactive ketones (excluding diaryl/α,β-unsaturated/α-hetero) is 1. The number of imidazole rings is 1. The Morgan fingerprint density at radius 3 is 2.21 bits per heavy atom. The maximum Gasteiger partial charge on any atom is 0.419 e. The lowest BCUT2D eigenvalue weighted by Gasteiger charge is -2.34. The number of hydrogen-bond acceptors (Lipinski definition) is 11. The van der Waals surface area contributed by atoms with Crippen molar-refractivity contribution in [2.75, 3.05) is 75.7 Å². The standard InChI is InChI=1S/C26H27F4N7O.C12H13N3O2.ClH/c27-20-4-3-16(10-19(20)26(28,29)30)21-13-37(17-2-1-7-31-12-17)24(34-21)15-5-8-36(9-6-15)25-18-11-22(38)35-23(18)32-14-33-25;16-9-7-8(13-1-2-13)12(17)11(15-5-6-15)10(9)14-3-4-14;/h3-4,10,13-15,17,31H,1-2,5-9,11-12H2,(H,32,33,35,38);7H,1-6H2;1H/t17-;;/m1../s1. The van der Waals surface area contributed by atoms with Crippen molar-refractivity contribution in [3.8, 4) is 11.3 Å². The summed E-state index contributed by atoms with van der Waals surface area (Å²) in [6.07, 6.45) is 3.76. The van der Waals surface area contributed by atoms with E-state index in [-0.39, 0.29) is 53.8 Å². The molecule has 10 rings (SSSR count). The largest absolute Gasteiger partial charge is 0.419 e. The highest BCUT2D eigenvalue weighted by atomic mass is 35.5. The number of aromatic nitrogens is 4. The summed E-state index contributed by atoms with van der Waals surface area (Å²) in [5.74, 6) is 0.921. The summed E-state index contributed by atoms with van der Waals surface area (Å²) in [5.41, 5.74) is 2.07. The summed E-state index contributed by atoms with van der Waals surface area (Å²) < 4.78 is 56.2. The van der Waals surface area contributed by atoms with Crippen molar-refractivity contribution in [2.45, 2.75) is 50.2 Å². The number of halogens is 5. The highest BCUT2D eigenvalue weighted by Gasteiger charge is 2.43. The first-order valence-corrected chi connectivity index (χ1v) is 18.9. The maximum atomic E-state index is 13.9. The number of nitrogens with zero attached hydrogens (tertiary/aromatic N) is 8. The van der Waals surface area contributed by atoms with Crippen molar-refractivity contribution in [3.05, 3.63) is 76.7 Å². The molecule has 1 atom stereocenters. The summed E-state index contributed by atoms with van der Waals surface area (Å²) in [4.78, 5) is 58.0. The van der Waals surface area contributed by atoms with Gasteiger partial charge < -0.3 is 34.8 Å². The monoisotopic (exact) mass is 796 g/mol. The van der Waals surface area contributed by atoms with Crippen LogP contribution in [0.5, 0.6) is 0 Å². The summed E-state index contributed by atoms with van der Waals surface area (Å²) >= 11 is 0. The minimum absolute atomic E-state index is 0. The van der Waals surface area contributed by atoms with Gasteiger partial charge in [-0.2, -0.15) is 13.2 Å². The minimum Gasteiger partial charge on any atom is -0.365 e. The van der Waals surface area contributed by atoms with Crippen LogP contribution in [0.1, 0.15) is 54.6 Å². The van der Waals surface area contributed by atoms with Gasteiger partial charge in [0.2, 0.25) is 17.5 Å². The van der Waals surface area contributed by atoms with Gasteiger partial charge >= 0.3 is 6.18 Å². The number of alkyl halides is 3. The fourth-order valence-electron chi connectivity index (χ4n) is 8.02. The molecule has 2 N–H and O–H groups in total. The number of ketones is 2. The Morgan fingerprint density at radius 2 is 1.55 bits per heavy atom. The van der Waals surface area contributed by atoms with Crippen molar-refractivity contribution in [3.63, 3.8) is 0 Å². The zero-order chi connectivity index (χ0) is 38.0. The molecule has 2 aromatic heterocycles. The van der Waals surface area contributed by atoms with Gasteiger partial charge in [0.1, 0.15) is 41.0 Å². The number of carbonyl (C=O) groups is 3. The third-order valence-corrected chi connectivity index (χ3v) is 11.2. The normalized spacial score (nSPS) is 22.0. The number of carbonyl (C=O) groups excluding carboxylic acids is 3. The zero-order valence-corrected chi connectivity index (χ0v) is 31.3. The van der Waals surface area contributed by atoms with E-state index in [2.05, 4.69) is 30.1 Å². The van der Waals surface area contributed by atoms with Gasteiger partial charge in [0.25, 0.3) is 0 Å². The number of piperidine rings is 2. The summed E-state index contributed by atoms with van der Waals surface area (Å²) in [6.45, 7) is 8.49. The van der Waals surface area contributed by atoms with E-state index in [1.165, 1.54) is 18.5 Å². The van der Waals surface area contributed by atoms with E-state index >= 15 is 0 Å². The van der Waals surface area contributed by atoms with Crippen molar-refractivity contribution in [2.24, 2.45) is 0 Å². The molecule has 0 radical (unpaired) electrons. The molecule has 1 aromatic carbocycles. The Morgan fingerprint density at radius 1 is 0.839 bits per heavy atom. The van der Waals surface area contributed by atoms with E-state index in [1.807, 2.05) is 20.9 Å². The van der Waals surface area contributed by atoms with E-state index in [0.717, 1.165) is 107 Å². The van der Waals surface area contributed by atoms with Crippen LogP contribution in [0, 0.1) is 5.82 Å². The van der Waals surface area contributed by atoms with Gasteiger partial charge in [0, 0.05) is 94.3 Å². The summed E-state index contributed by atoms with van der Waals surface area (Å²) in [7, 11) is 0. The quantitative estimate of drug-likeness (QED) is 0.205. The Balaban J connectivity index is 0.000000203. The second-order valence-corrected chi connectivity index (χ2v) is 15.0. The lowest BCUT2D eigenvalue weighted by atomic mass is 9.94. The molecular formula is C38H41ClF4N10O3. The summed E-state index contributed by atoms with van der Waals surface area (Å²) in [6, 6.07) is 3.20. The van der Waals surface area contributed by atoms with Gasteiger partial charge in [0.05, 0.1) is 23.4 Å². The highest BCUT2D eigenvalue weighted by molar-refractivity contribution is 6.22. The molecule has 1 aliphatic carbocycles. The van der Waals surface area contributed by atoms with Crippen LogP contribution in [0.15, 0.2) is 53.9 Å². The predicted octanol–water partition coefficient (Wildman–Crippen LogP) is 3.90. The van der Waals surface area contributed by atoms with Crippen LogP contribution in [0.3, 0.4) is 0 Å². The highest BCUT2D eigenvalue weighted by Crippen LogP contribution is 2.39. The Bertz CT molecular complexity index is 2130. The van der Waals surface area contributed by atoms with Gasteiger partial charge in [0.15, 0.2) is 0 Å². The number of hydrogen-bond donors (Lipinski definition) is 2. The third kappa shape index (κ3) is 7.45. The molecule has 0 spiro atoms. The molecule has 8 heterocycles. The van der Waals surface area contributed by atoms with E-state index < -0.39 is 17.6 Å². The Hall–Kier alpha value is -5.03. The van der Waals surface area contributed by atoms with E-state index in [1.54, 1.807) is 0 Å². The maximum absolute atomic E-state index is 13.9. The average Bonchev–Trinajstić information content (AvgIpc) is 4.07. The van der Waals surface area contributed by atoms with Crippen molar-refractivity contribution in [1.82, 2.24) is 39.5 Å². The second kappa shape index (κ2) is 14.8. The lowest BCUT2D eigenvalue weighted by Crippen LogP contribution is -2.36. The molecule has 0 unspecified atom stereocenters. The molecule has 56 heavy (non-hydrogen) atoms. The molecule has 0 bridgehead atoms. The lowest BCUT2D eigenvalue weighted by molar-refractivity contribution is -0.140. The van der Waals surface area contributed by atoms with E-state index in [9.17, 15) is 31.9 Å². The molecule has 5 fully saturated rings. The molecule has 296 valence electrons. The van der Waals surface area contributed by atoms with Crippen molar-refractivity contribution in [1.29, 1.82) is 0 Å². The van der Waals surface area contributed by atoms with Crippen LogP contribution < -0.4 is 15.5 Å². The molecule has 0 saturated carbocycles. The number of anilines is 2. The molecule has 6 aliphatic heterocycles. The van der Waals surface area contributed by atoms with Crippen molar-refractivity contribution >= 4 is 41.5 Å². The number of amides is 1. The first kappa shape index (κ1) is 37.9. The second-order valence-electron chi connectivity index (χ2n) is 15.0. The molecule has 5 saturated heterocycles. The van der Waals surface area contributed by atoms with E-state index in [4.69, 9.17) is 4.98 Å². The Kier molecular flexibility index (Phi) is 10.0. The average molecular weight is 797 g/mol. The number of nitrogens with one attached hydrogen (secondary N) is 2. The SMILES string of the molecule is Cl.O=C1C=C(N2CC2)C(=O)C(N2CC2)=C1N1CC1.O=C1Cc2c(ncnc2N2CCC(c3nc(-c4ccc(F)c(C(F)(F)F)c4)cn3[C@@H]3CCCNC3)CC2)N1. The fourth-order valence-corrected chi connectivity index (χ4v) is 8.02. The van der Waals surface area contributed by atoms with Crippen LogP contribution in [-0.4, -0.2) is 117 Å². The topological polar surface area (TPSA) is 131 Å². The first-order chi connectivity index (χ1) is 26.5. The summed E-state index contributed by atoms with van der Waals surface area (Å²) in [5, 5.41) is 6.16. The number of benzene rings is 1. The smallest absolute Gasteiger partial charge is 0.365 e. The zero-order valence-electron chi connectivity index (χ0n) is 30.4. The van der Waals surface area contributed by atoms with Gasteiger partial charge in [-0.1, -0.05) is 0 Å². The predicted molar refractivity (Wildman–Crippen MR) is 199 cm³/mol. The minimum atomic E-state index is -4.78. The first-order valence-electron chi connectivity index (χ1n) is 18.9. The fraction of sp³-hybridized carbons (Fsp3) is 0.474. The number of rotatable bonds is 7. The van der Waals surface area contributed by atoms with Crippen LogP contribution in [-0.2, 0) is 27.0 Å². The van der Waals surface area contributed by atoms with Crippen molar-refractivity contribution < 1.29 is 31.9 Å². The van der Waals surface area contributed by atoms with Gasteiger partial charge in [-0.3, -0.25) is 14.4 Å². The molecule has 3 aromatic rings. The third-order valence-electron chi connectivity index (χ3n) is 11.2. The Labute approximate surface area is 326 Å². The van der Waals surface area contributed by atoms with Gasteiger partial charge in [-0.05, 0) is 50.4 Å². The van der Waals surface area contributed by atoms with E-state index in [0.29, 0.717) is 41.7 Å². The molecular weight excluding hydrogens is 756 g/mol. The van der Waals surface area contributed by atoms with Gasteiger partial charge in [-0.15, -0.1) is 12.4 Å². The van der Waals surface area contributed by atoms with Crippen LogP contribution in [0.4, 0.5) is 29.2 Å². The van der Waals surface area contributed by atoms with Crippen LogP contribution in [0.2, 0.25) is 0 Å². The molecule has 7 aliphatic rings.